The van der Waals surface area contributed by atoms with Gasteiger partial charge in [0.15, 0.2) is 0 Å². The average Bonchev–Trinajstić information content (AvgIpc) is 2.47. The fraction of sp³-hybridized carbons (Fsp3) is 0.533. The highest BCUT2D eigenvalue weighted by molar-refractivity contribution is 6.34. The number of nitrogens with two attached hydrogens (primary N) is 1. The molecule has 2 unspecified atom stereocenters. The van der Waals surface area contributed by atoms with Gasteiger partial charge in [0, 0.05) is 18.8 Å². The van der Waals surface area contributed by atoms with E-state index >= 15 is 0 Å². The highest BCUT2D eigenvalue weighted by atomic mass is 16.5. The van der Waals surface area contributed by atoms with Gasteiger partial charge in [0.25, 0.3) is 0 Å². The minimum Gasteiger partial charge on any atom is -0.478 e. The normalized spacial score (nSPS) is 21.9. The SMILES string of the molecule is CCOc1cc(C2CCC(C)CN2C(=O)C(N)=O)ccn1. The number of pyridine rings is 1. The van der Waals surface area contributed by atoms with Crippen LogP contribution in [0.4, 0.5) is 0 Å². The summed E-state index contributed by atoms with van der Waals surface area (Å²) in [5.41, 5.74) is 6.09. The number of carbonyl (C=O) groups excluding carboxylic acids is 2. The monoisotopic (exact) mass is 291 g/mol. The molecule has 1 aromatic heterocycles. The van der Waals surface area contributed by atoms with Crippen molar-refractivity contribution in [1.82, 2.24) is 9.88 Å². The van der Waals surface area contributed by atoms with E-state index in [-0.39, 0.29) is 6.04 Å². The first-order chi connectivity index (χ1) is 10.0. The summed E-state index contributed by atoms with van der Waals surface area (Å²) in [6, 6.07) is 3.53. The third-order valence-corrected chi connectivity index (χ3v) is 3.73. The van der Waals surface area contributed by atoms with Crippen molar-refractivity contribution in [3.63, 3.8) is 0 Å². The van der Waals surface area contributed by atoms with Crippen molar-refractivity contribution in [2.24, 2.45) is 11.7 Å². The number of ether oxygens (including phenoxy) is 1. The van der Waals surface area contributed by atoms with Crippen molar-refractivity contribution in [1.29, 1.82) is 0 Å². The van der Waals surface area contributed by atoms with Gasteiger partial charge in [0.05, 0.1) is 12.6 Å². The lowest BCUT2D eigenvalue weighted by atomic mass is 9.90. The summed E-state index contributed by atoms with van der Waals surface area (Å²) in [6.45, 7) is 5.02. The number of nitrogens with zero attached hydrogens (tertiary/aromatic N) is 2. The molecule has 1 aromatic rings. The van der Waals surface area contributed by atoms with Crippen LogP contribution in [0, 0.1) is 5.92 Å². The van der Waals surface area contributed by atoms with Gasteiger partial charge in [-0.05, 0) is 37.3 Å². The predicted octanol–water partition coefficient (Wildman–Crippen LogP) is 1.27. The van der Waals surface area contributed by atoms with E-state index in [0.717, 1.165) is 18.4 Å². The second-order valence-corrected chi connectivity index (χ2v) is 5.38. The van der Waals surface area contributed by atoms with Gasteiger partial charge in [0.2, 0.25) is 5.88 Å². The molecule has 1 aliphatic rings. The number of aromatic nitrogens is 1. The quantitative estimate of drug-likeness (QED) is 0.850. The van der Waals surface area contributed by atoms with Crippen LogP contribution in [0.1, 0.15) is 38.3 Å². The van der Waals surface area contributed by atoms with E-state index < -0.39 is 11.8 Å². The molecule has 114 valence electrons. The standard InChI is InChI=1S/C15H21N3O3/c1-3-21-13-8-11(6-7-17-13)12-5-4-10(2)9-18(12)15(20)14(16)19/h6-8,10,12H,3-5,9H2,1-2H3,(H2,16,19). The molecule has 6 heteroatoms. The fourth-order valence-electron chi connectivity index (χ4n) is 2.72. The molecule has 0 aromatic carbocycles. The number of hydrogen-bond donors (Lipinski definition) is 1. The summed E-state index contributed by atoms with van der Waals surface area (Å²) in [4.78, 5) is 29.0. The van der Waals surface area contributed by atoms with Gasteiger partial charge < -0.3 is 15.4 Å². The number of amides is 2. The van der Waals surface area contributed by atoms with Crippen LogP contribution in [0.15, 0.2) is 18.3 Å². The van der Waals surface area contributed by atoms with Crippen LogP contribution in [0.3, 0.4) is 0 Å². The zero-order valence-electron chi connectivity index (χ0n) is 12.4. The second kappa shape index (κ2) is 6.56. The van der Waals surface area contributed by atoms with Crippen LogP contribution in [-0.2, 0) is 9.59 Å². The predicted molar refractivity (Wildman–Crippen MR) is 77.5 cm³/mol. The van der Waals surface area contributed by atoms with Crippen molar-refractivity contribution in [2.45, 2.75) is 32.7 Å². The Labute approximate surface area is 124 Å². The van der Waals surface area contributed by atoms with Crippen LogP contribution in [-0.4, -0.2) is 34.8 Å². The molecule has 0 radical (unpaired) electrons. The fourth-order valence-corrected chi connectivity index (χ4v) is 2.72. The maximum Gasteiger partial charge on any atom is 0.312 e. The van der Waals surface area contributed by atoms with Crippen LogP contribution in [0.25, 0.3) is 0 Å². The lowest BCUT2D eigenvalue weighted by molar-refractivity contribution is -0.147. The molecule has 0 saturated carbocycles. The molecule has 0 bridgehead atoms. The molecular weight excluding hydrogens is 270 g/mol. The molecule has 2 atom stereocenters. The Morgan fingerprint density at radius 1 is 1.48 bits per heavy atom. The van der Waals surface area contributed by atoms with Crippen molar-refractivity contribution in [3.8, 4) is 5.88 Å². The van der Waals surface area contributed by atoms with Gasteiger partial charge in [-0.15, -0.1) is 0 Å². The molecule has 1 saturated heterocycles. The lowest BCUT2D eigenvalue weighted by Crippen LogP contribution is -2.46. The van der Waals surface area contributed by atoms with E-state index in [2.05, 4.69) is 11.9 Å². The minimum absolute atomic E-state index is 0.150. The summed E-state index contributed by atoms with van der Waals surface area (Å²) < 4.78 is 5.40. The maximum absolute atomic E-state index is 12.0. The smallest absolute Gasteiger partial charge is 0.312 e. The molecule has 1 aliphatic heterocycles. The van der Waals surface area contributed by atoms with E-state index in [9.17, 15) is 9.59 Å². The molecule has 6 nitrogen and oxygen atoms in total. The van der Waals surface area contributed by atoms with Crippen LogP contribution >= 0.6 is 0 Å². The Kier molecular flexibility index (Phi) is 4.77. The first kappa shape index (κ1) is 15.3. The van der Waals surface area contributed by atoms with Gasteiger partial charge in [-0.2, -0.15) is 0 Å². The molecule has 2 amide bonds. The number of rotatable bonds is 3. The molecule has 2 rings (SSSR count). The third kappa shape index (κ3) is 3.51. The van der Waals surface area contributed by atoms with E-state index in [1.165, 1.54) is 0 Å². The van der Waals surface area contributed by atoms with Gasteiger partial charge in [0.1, 0.15) is 0 Å². The largest absolute Gasteiger partial charge is 0.478 e. The molecule has 2 heterocycles. The minimum atomic E-state index is -0.909. The summed E-state index contributed by atoms with van der Waals surface area (Å²) in [6.07, 6.45) is 3.46. The van der Waals surface area contributed by atoms with Gasteiger partial charge in [-0.25, -0.2) is 4.98 Å². The van der Waals surface area contributed by atoms with E-state index in [0.29, 0.717) is 24.9 Å². The van der Waals surface area contributed by atoms with E-state index in [1.54, 1.807) is 11.1 Å². The summed E-state index contributed by atoms with van der Waals surface area (Å²) in [7, 11) is 0. The number of piperidine rings is 1. The summed E-state index contributed by atoms with van der Waals surface area (Å²) in [5.74, 6) is -0.646. The zero-order valence-corrected chi connectivity index (χ0v) is 12.4. The summed E-state index contributed by atoms with van der Waals surface area (Å²) >= 11 is 0. The first-order valence-electron chi connectivity index (χ1n) is 7.22. The Morgan fingerprint density at radius 3 is 2.90 bits per heavy atom. The molecule has 0 aliphatic carbocycles. The molecule has 2 N–H and O–H groups in total. The van der Waals surface area contributed by atoms with Crippen molar-refractivity contribution in [2.75, 3.05) is 13.2 Å². The lowest BCUT2D eigenvalue weighted by Gasteiger charge is -2.38. The third-order valence-electron chi connectivity index (χ3n) is 3.73. The highest BCUT2D eigenvalue weighted by Gasteiger charge is 2.33. The van der Waals surface area contributed by atoms with Crippen LogP contribution < -0.4 is 10.5 Å². The van der Waals surface area contributed by atoms with E-state index in [1.807, 2.05) is 19.1 Å². The van der Waals surface area contributed by atoms with Crippen molar-refractivity contribution in [3.05, 3.63) is 23.9 Å². The van der Waals surface area contributed by atoms with Crippen molar-refractivity contribution < 1.29 is 14.3 Å². The molecule has 1 fully saturated rings. The molecule has 21 heavy (non-hydrogen) atoms. The average molecular weight is 291 g/mol. The van der Waals surface area contributed by atoms with E-state index in [4.69, 9.17) is 10.5 Å². The maximum atomic E-state index is 12.0. The van der Waals surface area contributed by atoms with Crippen LogP contribution in [0.5, 0.6) is 5.88 Å². The molecular formula is C15H21N3O3. The number of primary amides is 1. The van der Waals surface area contributed by atoms with Gasteiger partial charge in [-0.3, -0.25) is 9.59 Å². The second-order valence-electron chi connectivity index (χ2n) is 5.38. The zero-order chi connectivity index (χ0) is 15.4. The van der Waals surface area contributed by atoms with Gasteiger partial charge in [-0.1, -0.05) is 6.92 Å². The Morgan fingerprint density at radius 2 is 2.24 bits per heavy atom. The Bertz CT molecular complexity index is 533. The number of hydrogen-bond acceptors (Lipinski definition) is 4. The first-order valence-corrected chi connectivity index (χ1v) is 7.22. The van der Waals surface area contributed by atoms with Gasteiger partial charge >= 0.3 is 11.8 Å². The Balaban J connectivity index is 2.28. The van der Waals surface area contributed by atoms with Crippen molar-refractivity contribution >= 4 is 11.8 Å². The number of carbonyl (C=O) groups is 2. The Hall–Kier alpha value is -2.11. The topological polar surface area (TPSA) is 85.5 Å². The van der Waals surface area contributed by atoms with Crippen LogP contribution in [0.2, 0.25) is 0 Å². The summed E-state index contributed by atoms with van der Waals surface area (Å²) in [5, 5.41) is 0. The highest BCUT2D eigenvalue weighted by Crippen LogP contribution is 2.34. The molecule has 0 spiro atoms. The number of likely N-dealkylation sites (tertiary alicyclic amines) is 1.